The van der Waals surface area contributed by atoms with Gasteiger partial charge in [-0.1, -0.05) is 0 Å². The molecule has 2 heterocycles. The summed E-state index contributed by atoms with van der Waals surface area (Å²) < 4.78 is 45.8. The normalized spacial score (nSPS) is 20.1. The van der Waals surface area contributed by atoms with Crippen LogP contribution in [0.2, 0.25) is 0 Å². The number of hydrogen-bond donors (Lipinski definition) is 3. The Balaban J connectivity index is 0.000000345. The van der Waals surface area contributed by atoms with Crippen molar-refractivity contribution in [2.24, 2.45) is 0 Å². The molecule has 2 amide bonds. The highest BCUT2D eigenvalue weighted by molar-refractivity contribution is 6.01. The molecule has 2 aliphatic heterocycles. The largest absolute Gasteiger partial charge is 0.490 e. The van der Waals surface area contributed by atoms with Gasteiger partial charge in [0.15, 0.2) is 0 Å². The predicted molar refractivity (Wildman–Crippen MR) is 90.3 cm³/mol. The number of carbonyl (C=O) groups is 3. The molecule has 0 radical (unpaired) electrons. The smallest absolute Gasteiger partial charge is 0.475 e. The summed E-state index contributed by atoms with van der Waals surface area (Å²) in [5.41, 5.74) is 1.31. The van der Waals surface area contributed by atoms with Crippen LogP contribution in [0.3, 0.4) is 0 Å². The second-order valence-electron chi connectivity index (χ2n) is 6.25. The molecule has 11 heteroatoms. The van der Waals surface area contributed by atoms with Gasteiger partial charge in [-0.3, -0.25) is 14.9 Å². The summed E-state index contributed by atoms with van der Waals surface area (Å²) in [5.74, 6) is -4.40. The fourth-order valence-corrected chi connectivity index (χ4v) is 2.91. The monoisotopic (exact) mass is 405 g/mol. The van der Waals surface area contributed by atoms with E-state index in [0.717, 1.165) is 31.9 Å². The average molecular weight is 405 g/mol. The molecule has 28 heavy (non-hydrogen) atoms. The summed E-state index contributed by atoms with van der Waals surface area (Å²) in [4.78, 5) is 34.2. The number of carbonyl (C=O) groups excluding carboxylic acids is 2. The lowest BCUT2D eigenvalue weighted by molar-refractivity contribution is -0.192. The van der Waals surface area contributed by atoms with Gasteiger partial charge in [-0.15, -0.1) is 0 Å². The van der Waals surface area contributed by atoms with Crippen molar-refractivity contribution in [2.75, 3.05) is 31.1 Å². The number of piperidine rings is 1. The van der Waals surface area contributed by atoms with E-state index in [1.807, 2.05) is 0 Å². The van der Waals surface area contributed by atoms with Crippen molar-refractivity contribution in [3.63, 3.8) is 0 Å². The molecule has 0 spiro atoms. The minimum absolute atomic E-state index is 0.258. The maximum Gasteiger partial charge on any atom is 0.490 e. The number of carboxylic acid groups (broad SMARTS) is 1. The number of alkyl halides is 3. The zero-order chi connectivity index (χ0) is 20.9. The highest BCUT2D eigenvalue weighted by Crippen LogP contribution is 2.30. The third-order valence-electron chi connectivity index (χ3n) is 4.32. The summed E-state index contributed by atoms with van der Waals surface area (Å²) in [6.45, 7) is 3.51. The van der Waals surface area contributed by atoms with Crippen molar-refractivity contribution >= 4 is 23.5 Å². The van der Waals surface area contributed by atoms with Crippen molar-refractivity contribution in [1.82, 2.24) is 10.6 Å². The van der Waals surface area contributed by atoms with Crippen LogP contribution in [0.5, 0.6) is 0 Å². The first-order chi connectivity index (χ1) is 13.1. The molecule has 1 aromatic carbocycles. The van der Waals surface area contributed by atoms with Gasteiger partial charge in [0.25, 0.3) is 0 Å². The number of halogens is 4. The number of nitrogens with zero attached hydrogens (tertiary/aromatic N) is 1. The Morgan fingerprint density at radius 3 is 2.32 bits per heavy atom. The number of rotatable bonds is 2. The van der Waals surface area contributed by atoms with E-state index in [9.17, 15) is 27.2 Å². The van der Waals surface area contributed by atoms with Gasteiger partial charge in [0.2, 0.25) is 11.8 Å². The number of anilines is 1. The molecule has 0 bridgehead atoms. The predicted octanol–water partition coefficient (Wildman–Crippen LogP) is 1.39. The van der Waals surface area contributed by atoms with Gasteiger partial charge < -0.3 is 15.3 Å². The van der Waals surface area contributed by atoms with E-state index in [2.05, 4.69) is 15.5 Å². The summed E-state index contributed by atoms with van der Waals surface area (Å²) in [5, 5.41) is 12.7. The first-order valence-electron chi connectivity index (χ1n) is 8.48. The Hall–Kier alpha value is -2.69. The van der Waals surface area contributed by atoms with Crippen LogP contribution < -0.4 is 15.5 Å². The quantitative estimate of drug-likeness (QED) is 0.508. The fourth-order valence-electron chi connectivity index (χ4n) is 2.91. The molecule has 2 fully saturated rings. The molecule has 0 saturated carbocycles. The molecule has 1 unspecified atom stereocenters. The van der Waals surface area contributed by atoms with Crippen molar-refractivity contribution < 1.29 is 37.1 Å². The van der Waals surface area contributed by atoms with Crippen LogP contribution in [-0.4, -0.2) is 55.2 Å². The van der Waals surface area contributed by atoms with Crippen LogP contribution in [0.4, 0.5) is 23.2 Å². The lowest BCUT2D eigenvalue weighted by Crippen LogP contribution is -2.43. The molecule has 3 rings (SSSR count). The van der Waals surface area contributed by atoms with Crippen LogP contribution in [-0.2, 0) is 14.4 Å². The number of benzene rings is 1. The van der Waals surface area contributed by atoms with Gasteiger partial charge in [0.1, 0.15) is 5.82 Å². The van der Waals surface area contributed by atoms with Crippen molar-refractivity contribution in [2.45, 2.75) is 24.9 Å². The summed E-state index contributed by atoms with van der Waals surface area (Å²) in [6.07, 6.45) is -4.46. The zero-order valence-corrected chi connectivity index (χ0v) is 14.7. The highest BCUT2D eigenvalue weighted by atomic mass is 19.4. The van der Waals surface area contributed by atoms with Gasteiger partial charge in [0, 0.05) is 43.9 Å². The van der Waals surface area contributed by atoms with Crippen LogP contribution in [0.15, 0.2) is 18.2 Å². The maximum atomic E-state index is 14.1. The van der Waals surface area contributed by atoms with Crippen LogP contribution in [0.1, 0.15) is 24.3 Å². The van der Waals surface area contributed by atoms with Gasteiger partial charge in [-0.2, -0.15) is 13.2 Å². The van der Waals surface area contributed by atoms with E-state index < -0.39 is 24.0 Å². The molecule has 1 aromatic rings. The molecule has 2 aliphatic rings. The molecule has 0 aromatic heterocycles. The average Bonchev–Trinajstić information content (AvgIpc) is 2.63. The molecule has 2 saturated heterocycles. The first kappa shape index (κ1) is 21.6. The second kappa shape index (κ2) is 9.00. The van der Waals surface area contributed by atoms with E-state index in [1.54, 1.807) is 12.1 Å². The molecule has 0 aliphatic carbocycles. The minimum atomic E-state index is -5.08. The highest BCUT2D eigenvalue weighted by Gasteiger charge is 2.38. The number of aliphatic carboxylic acids is 1. The molecule has 154 valence electrons. The SMILES string of the molecule is O=C(O)C(F)(F)F.O=C1CCC(c2cc(N3CCNCC3)ccc2F)C(=O)N1. The number of piperazine rings is 1. The Labute approximate surface area is 157 Å². The van der Waals surface area contributed by atoms with Crippen molar-refractivity contribution in [3.05, 3.63) is 29.6 Å². The van der Waals surface area contributed by atoms with E-state index in [4.69, 9.17) is 9.90 Å². The van der Waals surface area contributed by atoms with Gasteiger partial charge in [-0.05, 0) is 24.6 Å². The van der Waals surface area contributed by atoms with Crippen LogP contribution in [0, 0.1) is 5.82 Å². The number of imide groups is 1. The molecular formula is C17H19F4N3O4. The van der Waals surface area contributed by atoms with Crippen molar-refractivity contribution in [3.8, 4) is 0 Å². The summed E-state index contributed by atoms with van der Waals surface area (Å²) in [6, 6.07) is 4.91. The molecule has 1 atom stereocenters. The first-order valence-corrected chi connectivity index (χ1v) is 8.48. The van der Waals surface area contributed by atoms with E-state index >= 15 is 0 Å². The third kappa shape index (κ3) is 5.65. The second-order valence-corrected chi connectivity index (χ2v) is 6.25. The van der Waals surface area contributed by atoms with E-state index in [1.165, 1.54) is 6.07 Å². The number of amides is 2. The summed E-state index contributed by atoms with van der Waals surface area (Å²) >= 11 is 0. The topological polar surface area (TPSA) is 98.7 Å². The van der Waals surface area contributed by atoms with Crippen LogP contribution >= 0.6 is 0 Å². The lowest BCUT2D eigenvalue weighted by atomic mass is 9.89. The zero-order valence-electron chi connectivity index (χ0n) is 14.7. The Morgan fingerprint density at radius 2 is 1.79 bits per heavy atom. The lowest BCUT2D eigenvalue weighted by Gasteiger charge is -2.30. The molecular weight excluding hydrogens is 386 g/mol. The van der Waals surface area contributed by atoms with Crippen LogP contribution in [0.25, 0.3) is 0 Å². The Bertz CT molecular complexity index is 748. The Morgan fingerprint density at radius 1 is 1.18 bits per heavy atom. The van der Waals surface area contributed by atoms with E-state index in [0.29, 0.717) is 12.0 Å². The fraction of sp³-hybridized carbons (Fsp3) is 0.471. The van der Waals surface area contributed by atoms with E-state index in [-0.39, 0.29) is 18.1 Å². The Kier molecular flexibility index (Phi) is 6.95. The standard InChI is InChI=1S/C15H18FN3O2.C2HF3O2/c16-13-3-1-10(19-7-5-17-6-8-19)9-12(13)11-2-4-14(20)18-15(11)21;3-2(4,5)1(6)7/h1,3,9,11,17H,2,4-8H2,(H,18,20,21);(H,6,7). The molecule has 3 N–H and O–H groups in total. The molecule has 7 nitrogen and oxygen atoms in total. The van der Waals surface area contributed by atoms with Gasteiger partial charge in [0.05, 0.1) is 5.92 Å². The maximum absolute atomic E-state index is 14.1. The van der Waals surface area contributed by atoms with Gasteiger partial charge in [-0.25, -0.2) is 9.18 Å². The van der Waals surface area contributed by atoms with Gasteiger partial charge >= 0.3 is 12.1 Å². The third-order valence-corrected chi connectivity index (χ3v) is 4.32. The number of hydrogen-bond acceptors (Lipinski definition) is 5. The number of nitrogens with one attached hydrogen (secondary N) is 2. The summed E-state index contributed by atoms with van der Waals surface area (Å²) in [7, 11) is 0. The van der Waals surface area contributed by atoms with Crippen molar-refractivity contribution in [1.29, 1.82) is 0 Å². The minimum Gasteiger partial charge on any atom is -0.475 e. The number of carboxylic acids is 1.